The Labute approximate surface area is 176 Å². The number of carbonyl (C=O) groups is 2. The third-order valence-electron chi connectivity index (χ3n) is 4.07. The van der Waals surface area contributed by atoms with E-state index in [-0.39, 0.29) is 41.8 Å². The summed E-state index contributed by atoms with van der Waals surface area (Å²) in [7, 11) is 0. The van der Waals surface area contributed by atoms with Crippen LogP contribution in [0.2, 0.25) is 0 Å². The van der Waals surface area contributed by atoms with E-state index in [1.54, 1.807) is 34.6 Å². The van der Waals surface area contributed by atoms with Crippen molar-refractivity contribution in [2.75, 3.05) is 18.1 Å². The highest BCUT2D eigenvalue weighted by atomic mass is 19.1. The van der Waals surface area contributed by atoms with Crippen molar-refractivity contribution in [3.05, 3.63) is 29.8 Å². The summed E-state index contributed by atoms with van der Waals surface area (Å²) in [4.78, 5) is 30.3. The zero-order chi connectivity index (χ0) is 22.6. The van der Waals surface area contributed by atoms with Crippen molar-refractivity contribution in [1.82, 2.24) is 14.8 Å². The van der Waals surface area contributed by atoms with Crippen LogP contribution in [0.4, 0.5) is 14.9 Å². The minimum atomic E-state index is -0.692. The van der Waals surface area contributed by atoms with Crippen LogP contribution in [-0.4, -0.2) is 45.6 Å². The largest absolute Gasteiger partial charge is 0.462 e. The standard InChI is InChI=1S/C21H29FN4O4/c1-8-25(20(28)30-21(5,6)7)14-10-16(22)17(23-11-14)18-15(19(27)29-9-2)12-24-26(18)13(3)4/h10-13H,8-9H2,1-7H3. The molecule has 0 unspecified atom stereocenters. The number of ether oxygens (including phenoxy) is 2. The van der Waals surface area contributed by atoms with Gasteiger partial charge in [0.15, 0.2) is 5.82 Å². The first-order valence-corrected chi connectivity index (χ1v) is 9.91. The van der Waals surface area contributed by atoms with E-state index >= 15 is 4.39 Å². The first kappa shape index (κ1) is 23.3. The Morgan fingerprint density at radius 3 is 2.40 bits per heavy atom. The first-order valence-electron chi connectivity index (χ1n) is 9.91. The summed E-state index contributed by atoms with van der Waals surface area (Å²) in [5, 5.41) is 4.20. The SMILES string of the molecule is CCOC(=O)c1cnn(C(C)C)c1-c1ncc(N(CC)C(=O)OC(C)(C)C)cc1F. The lowest BCUT2D eigenvalue weighted by atomic mass is 10.1. The van der Waals surface area contributed by atoms with Crippen molar-refractivity contribution >= 4 is 17.7 Å². The van der Waals surface area contributed by atoms with Gasteiger partial charge >= 0.3 is 12.1 Å². The van der Waals surface area contributed by atoms with Gasteiger partial charge in [-0.15, -0.1) is 0 Å². The summed E-state index contributed by atoms with van der Waals surface area (Å²) in [5.74, 6) is -1.30. The molecule has 0 saturated heterocycles. The lowest BCUT2D eigenvalue weighted by Crippen LogP contribution is -2.36. The molecule has 0 radical (unpaired) electrons. The molecule has 1 amide bonds. The van der Waals surface area contributed by atoms with Gasteiger partial charge in [0, 0.05) is 18.7 Å². The number of rotatable bonds is 6. The number of anilines is 1. The number of hydrogen-bond acceptors (Lipinski definition) is 6. The Bertz CT molecular complexity index is 918. The zero-order valence-electron chi connectivity index (χ0n) is 18.5. The highest BCUT2D eigenvalue weighted by Gasteiger charge is 2.27. The molecule has 2 heterocycles. The Kier molecular flexibility index (Phi) is 7.17. The van der Waals surface area contributed by atoms with E-state index in [1.807, 2.05) is 13.8 Å². The van der Waals surface area contributed by atoms with Crippen molar-refractivity contribution in [3.8, 4) is 11.4 Å². The van der Waals surface area contributed by atoms with Gasteiger partial charge in [-0.3, -0.25) is 9.58 Å². The molecule has 8 nitrogen and oxygen atoms in total. The maximum Gasteiger partial charge on any atom is 0.414 e. The summed E-state index contributed by atoms with van der Waals surface area (Å²) in [6.45, 7) is 12.9. The number of pyridine rings is 1. The van der Waals surface area contributed by atoms with E-state index in [0.717, 1.165) is 0 Å². The predicted molar refractivity (Wildman–Crippen MR) is 111 cm³/mol. The van der Waals surface area contributed by atoms with Crippen molar-refractivity contribution in [3.63, 3.8) is 0 Å². The Morgan fingerprint density at radius 1 is 1.23 bits per heavy atom. The second-order valence-electron chi connectivity index (χ2n) is 7.91. The van der Waals surface area contributed by atoms with Crippen LogP contribution in [0.3, 0.4) is 0 Å². The molecule has 2 aromatic rings. The predicted octanol–water partition coefficient (Wildman–Crippen LogP) is 4.60. The van der Waals surface area contributed by atoms with Crippen LogP contribution < -0.4 is 4.90 Å². The number of hydrogen-bond donors (Lipinski definition) is 0. The third-order valence-corrected chi connectivity index (χ3v) is 4.07. The fourth-order valence-electron chi connectivity index (χ4n) is 2.83. The Hall–Kier alpha value is -2.97. The van der Waals surface area contributed by atoms with Gasteiger partial charge in [-0.2, -0.15) is 5.10 Å². The highest BCUT2D eigenvalue weighted by Crippen LogP contribution is 2.30. The van der Waals surface area contributed by atoms with Crippen molar-refractivity contribution in [2.45, 2.75) is 60.1 Å². The highest BCUT2D eigenvalue weighted by molar-refractivity contribution is 5.96. The van der Waals surface area contributed by atoms with Gasteiger partial charge in [-0.05, 0) is 48.5 Å². The van der Waals surface area contributed by atoms with Gasteiger partial charge < -0.3 is 9.47 Å². The molecule has 0 bridgehead atoms. The molecule has 2 aromatic heterocycles. The van der Waals surface area contributed by atoms with Gasteiger partial charge in [0.1, 0.15) is 22.6 Å². The van der Waals surface area contributed by atoms with E-state index < -0.39 is 23.5 Å². The van der Waals surface area contributed by atoms with Crippen LogP contribution in [0.15, 0.2) is 18.5 Å². The van der Waals surface area contributed by atoms with E-state index in [1.165, 1.54) is 28.0 Å². The van der Waals surface area contributed by atoms with Crippen LogP contribution in [0.1, 0.15) is 64.9 Å². The molecule has 0 aliphatic carbocycles. The number of nitrogens with zero attached hydrogens (tertiary/aromatic N) is 4. The molecule has 9 heteroatoms. The van der Waals surface area contributed by atoms with Crippen LogP contribution in [0, 0.1) is 5.82 Å². The molecule has 0 spiro atoms. The molecule has 164 valence electrons. The fraction of sp³-hybridized carbons (Fsp3) is 0.524. The number of carbonyl (C=O) groups excluding carboxylic acids is 2. The van der Waals surface area contributed by atoms with E-state index in [0.29, 0.717) is 0 Å². The molecule has 2 rings (SSSR count). The summed E-state index contributed by atoms with van der Waals surface area (Å²) in [5.41, 5.74) is -0.124. The Morgan fingerprint density at radius 2 is 1.90 bits per heavy atom. The molecule has 0 atom stereocenters. The van der Waals surface area contributed by atoms with Crippen LogP contribution in [0.25, 0.3) is 11.4 Å². The molecule has 0 aliphatic rings. The van der Waals surface area contributed by atoms with Crippen molar-refractivity contribution in [2.24, 2.45) is 0 Å². The van der Waals surface area contributed by atoms with Crippen LogP contribution in [0.5, 0.6) is 0 Å². The van der Waals surface area contributed by atoms with Gasteiger partial charge in [0.05, 0.1) is 24.7 Å². The second kappa shape index (κ2) is 9.23. The molecule has 0 saturated carbocycles. The molecular weight excluding hydrogens is 391 g/mol. The van der Waals surface area contributed by atoms with Gasteiger partial charge in [0.25, 0.3) is 0 Å². The summed E-state index contributed by atoms with van der Waals surface area (Å²) in [6, 6.07) is 1.06. The fourth-order valence-corrected chi connectivity index (χ4v) is 2.83. The van der Waals surface area contributed by atoms with Crippen LogP contribution in [-0.2, 0) is 9.47 Å². The minimum Gasteiger partial charge on any atom is -0.462 e. The Balaban J connectivity index is 2.50. The zero-order valence-corrected chi connectivity index (χ0v) is 18.5. The summed E-state index contributed by atoms with van der Waals surface area (Å²) in [6.07, 6.45) is 2.12. The number of esters is 1. The van der Waals surface area contributed by atoms with Crippen molar-refractivity contribution < 1.29 is 23.5 Å². The number of aromatic nitrogens is 3. The molecule has 0 aliphatic heterocycles. The average Bonchev–Trinajstić information content (AvgIpc) is 3.06. The number of halogens is 1. The molecular formula is C21H29FN4O4. The molecule has 0 fully saturated rings. The first-order chi connectivity index (χ1) is 14.0. The van der Waals surface area contributed by atoms with Crippen LogP contribution >= 0.6 is 0 Å². The third kappa shape index (κ3) is 5.14. The van der Waals surface area contributed by atoms with E-state index in [9.17, 15) is 9.59 Å². The van der Waals surface area contributed by atoms with Gasteiger partial charge in [-0.1, -0.05) is 0 Å². The van der Waals surface area contributed by atoms with Crippen molar-refractivity contribution in [1.29, 1.82) is 0 Å². The lowest BCUT2D eigenvalue weighted by Gasteiger charge is -2.26. The maximum absolute atomic E-state index is 15.1. The number of amides is 1. The maximum atomic E-state index is 15.1. The quantitative estimate of drug-likeness (QED) is 0.635. The normalized spacial score (nSPS) is 11.5. The van der Waals surface area contributed by atoms with E-state index in [2.05, 4.69) is 10.1 Å². The van der Waals surface area contributed by atoms with E-state index in [4.69, 9.17) is 9.47 Å². The summed E-state index contributed by atoms with van der Waals surface area (Å²) < 4.78 is 27.1. The smallest absolute Gasteiger partial charge is 0.414 e. The monoisotopic (exact) mass is 420 g/mol. The molecule has 0 aromatic carbocycles. The molecule has 0 N–H and O–H groups in total. The topological polar surface area (TPSA) is 86.5 Å². The molecule has 30 heavy (non-hydrogen) atoms. The minimum absolute atomic E-state index is 0.0479. The second-order valence-corrected chi connectivity index (χ2v) is 7.91. The average molecular weight is 420 g/mol. The van der Waals surface area contributed by atoms with Gasteiger partial charge in [0.2, 0.25) is 0 Å². The summed E-state index contributed by atoms with van der Waals surface area (Å²) >= 11 is 0. The van der Waals surface area contributed by atoms with Gasteiger partial charge in [-0.25, -0.2) is 19.0 Å². The lowest BCUT2D eigenvalue weighted by molar-refractivity contribution is 0.0525.